The lowest BCUT2D eigenvalue weighted by Gasteiger charge is -2.05. The number of aliphatic hydroxyl groups is 2. The monoisotopic (exact) mass is 116 g/mol. The first-order valence-electron chi connectivity index (χ1n) is 2.65. The summed E-state index contributed by atoms with van der Waals surface area (Å²) in [6, 6.07) is 0. The van der Waals surface area contributed by atoms with E-state index in [0.717, 1.165) is 0 Å². The van der Waals surface area contributed by atoms with E-state index in [1.54, 1.807) is 6.92 Å². The molecule has 0 fully saturated rings. The van der Waals surface area contributed by atoms with Crippen molar-refractivity contribution in [3.8, 4) is 0 Å². The number of rotatable bonds is 3. The highest BCUT2D eigenvalue weighted by molar-refractivity contribution is 4.78. The van der Waals surface area contributed by atoms with Gasteiger partial charge in [0.2, 0.25) is 0 Å². The highest BCUT2D eigenvalue weighted by Gasteiger charge is 2.01. The van der Waals surface area contributed by atoms with Gasteiger partial charge in [0, 0.05) is 6.42 Å². The standard InChI is InChI=1S/C6H12O2/c1-3-6(8)4-5(2)7/h3,5-8H,1,4H2,2H3. The minimum atomic E-state index is -0.560. The van der Waals surface area contributed by atoms with Gasteiger partial charge in [0.1, 0.15) is 0 Å². The van der Waals surface area contributed by atoms with E-state index in [1.165, 1.54) is 6.08 Å². The number of aliphatic hydroxyl groups excluding tert-OH is 2. The molecule has 48 valence electrons. The van der Waals surface area contributed by atoms with Crippen molar-refractivity contribution in [2.24, 2.45) is 0 Å². The molecule has 0 aliphatic carbocycles. The molecule has 0 heterocycles. The van der Waals surface area contributed by atoms with Crippen molar-refractivity contribution in [2.45, 2.75) is 25.6 Å². The molecule has 2 unspecified atom stereocenters. The zero-order chi connectivity index (χ0) is 6.57. The summed E-state index contributed by atoms with van der Waals surface area (Å²) in [6.07, 6.45) is 0.786. The zero-order valence-corrected chi connectivity index (χ0v) is 5.04. The molecule has 2 heteroatoms. The second-order valence-corrected chi connectivity index (χ2v) is 1.89. The third-order valence-electron chi connectivity index (χ3n) is 0.855. The van der Waals surface area contributed by atoms with Crippen LogP contribution < -0.4 is 0 Å². The smallest absolute Gasteiger partial charge is 0.0742 e. The quantitative estimate of drug-likeness (QED) is 0.521. The Morgan fingerprint density at radius 1 is 1.62 bits per heavy atom. The predicted octanol–water partition coefficient (Wildman–Crippen LogP) is 0.304. The fraction of sp³-hybridized carbons (Fsp3) is 0.667. The number of hydrogen-bond acceptors (Lipinski definition) is 2. The predicted molar refractivity (Wildman–Crippen MR) is 32.5 cm³/mol. The summed E-state index contributed by atoms with van der Waals surface area (Å²) in [5, 5.41) is 17.4. The van der Waals surface area contributed by atoms with E-state index in [1.807, 2.05) is 0 Å². The first-order chi connectivity index (χ1) is 3.66. The second-order valence-electron chi connectivity index (χ2n) is 1.89. The Labute approximate surface area is 49.5 Å². The fourth-order valence-electron chi connectivity index (χ4n) is 0.446. The molecule has 0 bridgehead atoms. The van der Waals surface area contributed by atoms with E-state index in [2.05, 4.69) is 6.58 Å². The molecule has 0 aromatic carbocycles. The van der Waals surface area contributed by atoms with E-state index in [-0.39, 0.29) is 0 Å². The van der Waals surface area contributed by atoms with Crippen LogP contribution in [0.5, 0.6) is 0 Å². The average Bonchev–Trinajstić information content (AvgIpc) is 1.65. The third-order valence-corrected chi connectivity index (χ3v) is 0.855. The molecule has 2 atom stereocenters. The lowest BCUT2D eigenvalue weighted by molar-refractivity contribution is 0.117. The highest BCUT2D eigenvalue weighted by Crippen LogP contribution is 1.96. The van der Waals surface area contributed by atoms with E-state index in [9.17, 15) is 0 Å². The van der Waals surface area contributed by atoms with Gasteiger partial charge in [0.05, 0.1) is 12.2 Å². The van der Waals surface area contributed by atoms with Crippen molar-refractivity contribution >= 4 is 0 Å². The average molecular weight is 116 g/mol. The summed E-state index contributed by atoms with van der Waals surface area (Å²) in [5.74, 6) is 0. The van der Waals surface area contributed by atoms with Crippen molar-refractivity contribution in [3.63, 3.8) is 0 Å². The van der Waals surface area contributed by atoms with Crippen molar-refractivity contribution in [1.82, 2.24) is 0 Å². The summed E-state index contributed by atoms with van der Waals surface area (Å²) >= 11 is 0. The summed E-state index contributed by atoms with van der Waals surface area (Å²) in [6.45, 7) is 4.98. The summed E-state index contributed by atoms with van der Waals surface area (Å²) in [5.41, 5.74) is 0. The van der Waals surface area contributed by atoms with Crippen molar-refractivity contribution in [1.29, 1.82) is 0 Å². The molecule has 0 aromatic rings. The van der Waals surface area contributed by atoms with Gasteiger partial charge < -0.3 is 10.2 Å². The van der Waals surface area contributed by atoms with Crippen molar-refractivity contribution in [2.75, 3.05) is 0 Å². The normalized spacial score (nSPS) is 17.4. The molecular weight excluding hydrogens is 104 g/mol. The molecule has 0 rings (SSSR count). The maximum absolute atomic E-state index is 8.75. The first-order valence-corrected chi connectivity index (χ1v) is 2.65. The van der Waals surface area contributed by atoms with E-state index < -0.39 is 12.2 Å². The van der Waals surface area contributed by atoms with Gasteiger partial charge in [0.15, 0.2) is 0 Å². The lowest BCUT2D eigenvalue weighted by Crippen LogP contribution is -2.11. The molecular formula is C6H12O2. The molecule has 0 aliphatic rings. The second kappa shape index (κ2) is 3.64. The van der Waals surface area contributed by atoms with E-state index in [4.69, 9.17) is 10.2 Å². The van der Waals surface area contributed by atoms with Crippen LogP contribution in [0.25, 0.3) is 0 Å². The van der Waals surface area contributed by atoms with Gasteiger partial charge in [-0.05, 0) is 6.92 Å². The van der Waals surface area contributed by atoms with Crippen LogP contribution in [0.4, 0.5) is 0 Å². The molecule has 2 nitrogen and oxygen atoms in total. The molecule has 0 aliphatic heterocycles. The Kier molecular flexibility index (Phi) is 3.48. The molecule has 0 aromatic heterocycles. The Morgan fingerprint density at radius 2 is 2.12 bits per heavy atom. The maximum Gasteiger partial charge on any atom is 0.0742 e. The third kappa shape index (κ3) is 3.84. The topological polar surface area (TPSA) is 40.5 Å². The minimum Gasteiger partial charge on any atom is -0.393 e. The SMILES string of the molecule is C=CC(O)CC(C)O. The molecule has 2 N–H and O–H groups in total. The molecule has 0 spiro atoms. The van der Waals surface area contributed by atoms with Crippen LogP contribution in [0.3, 0.4) is 0 Å². The maximum atomic E-state index is 8.75. The van der Waals surface area contributed by atoms with Gasteiger partial charge in [-0.3, -0.25) is 0 Å². The highest BCUT2D eigenvalue weighted by atomic mass is 16.3. The van der Waals surface area contributed by atoms with Crippen molar-refractivity contribution in [3.05, 3.63) is 12.7 Å². The summed E-state index contributed by atoms with van der Waals surface area (Å²) in [7, 11) is 0. The molecule has 0 saturated carbocycles. The fourth-order valence-corrected chi connectivity index (χ4v) is 0.446. The lowest BCUT2D eigenvalue weighted by atomic mass is 10.2. The van der Waals surface area contributed by atoms with E-state index >= 15 is 0 Å². The van der Waals surface area contributed by atoms with Gasteiger partial charge in [-0.15, -0.1) is 6.58 Å². The number of hydrogen-bond donors (Lipinski definition) is 2. The van der Waals surface area contributed by atoms with Gasteiger partial charge >= 0.3 is 0 Å². The van der Waals surface area contributed by atoms with E-state index in [0.29, 0.717) is 6.42 Å². The van der Waals surface area contributed by atoms with Crippen LogP contribution >= 0.6 is 0 Å². The Balaban J connectivity index is 3.23. The summed E-state index contributed by atoms with van der Waals surface area (Å²) < 4.78 is 0. The van der Waals surface area contributed by atoms with Crippen LogP contribution in [0.1, 0.15) is 13.3 Å². The zero-order valence-electron chi connectivity index (χ0n) is 5.04. The van der Waals surface area contributed by atoms with Gasteiger partial charge in [0.25, 0.3) is 0 Å². The van der Waals surface area contributed by atoms with Crippen LogP contribution in [0, 0.1) is 0 Å². The van der Waals surface area contributed by atoms with Crippen molar-refractivity contribution < 1.29 is 10.2 Å². The Morgan fingerprint density at radius 3 is 2.25 bits per heavy atom. The Bertz CT molecular complexity index is 68.9. The van der Waals surface area contributed by atoms with Crippen LogP contribution in [-0.4, -0.2) is 22.4 Å². The Hall–Kier alpha value is -0.340. The van der Waals surface area contributed by atoms with Crippen LogP contribution in [0.2, 0.25) is 0 Å². The van der Waals surface area contributed by atoms with Gasteiger partial charge in [-0.25, -0.2) is 0 Å². The largest absolute Gasteiger partial charge is 0.393 e. The summed E-state index contributed by atoms with van der Waals surface area (Å²) in [4.78, 5) is 0. The molecule has 8 heavy (non-hydrogen) atoms. The minimum absolute atomic E-state index is 0.378. The van der Waals surface area contributed by atoms with Gasteiger partial charge in [-0.1, -0.05) is 6.08 Å². The molecule has 0 radical (unpaired) electrons. The van der Waals surface area contributed by atoms with Crippen LogP contribution in [-0.2, 0) is 0 Å². The molecule has 0 amide bonds. The van der Waals surface area contributed by atoms with Crippen LogP contribution in [0.15, 0.2) is 12.7 Å². The molecule has 0 saturated heterocycles. The first kappa shape index (κ1) is 7.66. The van der Waals surface area contributed by atoms with Gasteiger partial charge in [-0.2, -0.15) is 0 Å².